The first kappa shape index (κ1) is 16.4. The molecule has 1 spiro atoms. The minimum atomic E-state index is -4.44. The molecule has 1 aromatic carbocycles. The van der Waals surface area contributed by atoms with Gasteiger partial charge in [-0.2, -0.15) is 13.2 Å². The Morgan fingerprint density at radius 3 is 2.46 bits per heavy atom. The molecule has 2 nitrogen and oxygen atoms in total. The molecule has 0 saturated carbocycles. The highest BCUT2D eigenvalue weighted by Crippen LogP contribution is 2.69. The van der Waals surface area contributed by atoms with Gasteiger partial charge in [0, 0.05) is 35.2 Å². The fourth-order valence-electron chi connectivity index (χ4n) is 4.29. The van der Waals surface area contributed by atoms with Crippen LogP contribution < -0.4 is 0 Å². The molecule has 7 heteroatoms. The van der Waals surface area contributed by atoms with Crippen molar-refractivity contribution in [2.45, 2.75) is 23.1 Å². The minimum Gasteiger partial charge on any atom is -0.345 e. The third-order valence-electron chi connectivity index (χ3n) is 5.04. The zero-order chi connectivity index (χ0) is 17.3. The molecule has 0 radical (unpaired) electrons. The van der Waals surface area contributed by atoms with Crippen molar-refractivity contribution in [3.05, 3.63) is 35.5 Å². The first-order valence-corrected chi connectivity index (χ1v) is 9.69. The number of hydrogen-bond donors (Lipinski definition) is 0. The van der Waals surface area contributed by atoms with E-state index in [1.165, 1.54) is 30.4 Å². The number of Topliss-reactive ketones (excluding diaryl/α,β-unsaturated/α-hetero) is 1. The molecule has 2 heterocycles. The van der Waals surface area contributed by atoms with E-state index in [4.69, 9.17) is 0 Å². The summed E-state index contributed by atoms with van der Waals surface area (Å²) in [6.45, 7) is 1.30. The predicted octanol–water partition coefficient (Wildman–Crippen LogP) is 4.68. The van der Waals surface area contributed by atoms with Crippen molar-refractivity contribution in [3.8, 4) is 0 Å². The van der Waals surface area contributed by atoms with Crippen LogP contribution >= 0.6 is 23.5 Å². The molecule has 2 aromatic rings. The van der Waals surface area contributed by atoms with Gasteiger partial charge in [0.1, 0.15) is 9.86 Å². The lowest BCUT2D eigenvalue weighted by atomic mass is 9.87. The largest absolute Gasteiger partial charge is 0.396 e. The van der Waals surface area contributed by atoms with Crippen LogP contribution in [0.2, 0.25) is 0 Å². The third kappa shape index (κ3) is 1.97. The molecule has 1 aliphatic heterocycles. The topological polar surface area (TPSA) is 22.0 Å². The van der Waals surface area contributed by atoms with Gasteiger partial charge in [-0.05, 0) is 18.6 Å². The van der Waals surface area contributed by atoms with Gasteiger partial charge in [0.15, 0.2) is 0 Å². The highest BCUT2D eigenvalue weighted by atomic mass is 32.2. The van der Waals surface area contributed by atoms with Gasteiger partial charge in [0.25, 0.3) is 0 Å². The number of carbonyl (C=O) groups is 1. The van der Waals surface area contributed by atoms with Crippen LogP contribution in [-0.4, -0.2) is 28.0 Å². The van der Waals surface area contributed by atoms with Gasteiger partial charge in [-0.3, -0.25) is 4.79 Å². The number of ketones is 1. The van der Waals surface area contributed by atoms with Crippen LogP contribution in [0.15, 0.2) is 24.3 Å². The minimum absolute atomic E-state index is 0.308. The first-order chi connectivity index (χ1) is 11.3. The van der Waals surface area contributed by atoms with E-state index in [9.17, 15) is 18.0 Å². The monoisotopic (exact) mass is 371 g/mol. The average Bonchev–Trinajstić information content (AvgIpc) is 3.16. The van der Waals surface area contributed by atoms with E-state index in [-0.39, 0.29) is 5.78 Å². The van der Waals surface area contributed by atoms with Crippen LogP contribution in [-0.2, 0) is 15.9 Å². The lowest BCUT2D eigenvalue weighted by Crippen LogP contribution is -2.37. The van der Waals surface area contributed by atoms with Gasteiger partial charge in [-0.25, -0.2) is 0 Å². The fourth-order valence-corrected chi connectivity index (χ4v) is 8.13. The Hall–Kier alpha value is -1.08. The van der Waals surface area contributed by atoms with Crippen LogP contribution in [0.25, 0.3) is 10.9 Å². The molecule has 0 amide bonds. The van der Waals surface area contributed by atoms with Crippen LogP contribution in [0, 0.1) is 5.92 Å². The molecule has 0 bridgehead atoms. The van der Waals surface area contributed by atoms with Crippen molar-refractivity contribution in [2.75, 3.05) is 11.5 Å². The number of halogens is 3. The maximum Gasteiger partial charge on any atom is 0.396 e. The Bertz CT molecular complexity index is 836. The number of rotatable bonds is 1. The van der Waals surface area contributed by atoms with Gasteiger partial charge in [-0.15, -0.1) is 23.5 Å². The standard InChI is InChI=1S/C17H16F3NOS2/c1-9(22)13-14(17(18,19)20)12-10-5-3-4-6-11(10)21(2)15(12)16(13)23-7-8-24-16/h3-6,13-14H,7-8H2,1-2H3/t13-,14+/m0/s1. The lowest BCUT2D eigenvalue weighted by Gasteiger charge is -2.33. The highest BCUT2D eigenvalue weighted by Gasteiger charge is 2.66. The Balaban J connectivity index is 2.12. The number of alkyl halides is 3. The predicted molar refractivity (Wildman–Crippen MR) is 92.5 cm³/mol. The maximum absolute atomic E-state index is 14.0. The summed E-state index contributed by atoms with van der Waals surface area (Å²) in [6.07, 6.45) is -4.44. The molecule has 1 aliphatic carbocycles. The molecular weight excluding hydrogens is 355 g/mol. The summed E-state index contributed by atoms with van der Waals surface area (Å²) >= 11 is 3.00. The van der Waals surface area contributed by atoms with Crippen molar-refractivity contribution >= 4 is 40.2 Å². The van der Waals surface area contributed by atoms with Gasteiger partial charge in [0.2, 0.25) is 0 Å². The molecule has 24 heavy (non-hydrogen) atoms. The van der Waals surface area contributed by atoms with Gasteiger partial charge in [0.05, 0.1) is 11.8 Å². The molecule has 2 aliphatic rings. The molecule has 0 unspecified atom stereocenters. The van der Waals surface area contributed by atoms with Crippen molar-refractivity contribution in [3.63, 3.8) is 0 Å². The van der Waals surface area contributed by atoms with E-state index >= 15 is 0 Å². The summed E-state index contributed by atoms with van der Waals surface area (Å²) in [5.41, 5.74) is 1.78. The Morgan fingerprint density at radius 1 is 1.25 bits per heavy atom. The number of carbonyl (C=O) groups excluding carboxylic acids is 1. The van der Waals surface area contributed by atoms with Crippen LogP contribution in [0.4, 0.5) is 13.2 Å². The number of aryl methyl sites for hydroxylation is 1. The number of aromatic nitrogens is 1. The Labute approximate surface area is 146 Å². The van der Waals surface area contributed by atoms with Crippen molar-refractivity contribution in [1.82, 2.24) is 4.57 Å². The molecular formula is C17H16F3NOS2. The van der Waals surface area contributed by atoms with E-state index in [0.29, 0.717) is 16.6 Å². The summed E-state index contributed by atoms with van der Waals surface area (Å²) in [6, 6.07) is 7.19. The number of para-hydroxylation sites is 1. The molecule has 0 N–H and O–H groups in total. The van der Waals surface area contributed by atoms with E-state index in [0.717, 1.165) is 17.0 Å². The van der Waals surface area contributed by atoms with Crippen LogP contribution in [0.1, 0.15) is 24.1 Å². The molecule has 4 rings (SSSR count). The average molecular weight is 371 g/mol. The van der Waals surface area contributed by atoms with Crippen LogP contribution in [0.5, 0.6) is 0 Å². The second-order valence-corrected chi connectivity index (χ2v) is 9.25. The summed E-state index contributed by atoms with van der Waals surface area (Å²) in [7, 11) is 1.82. The number of nitrogens with zero attached hydrogens (tertiary/aromatic N) is 1. The number of benzene rings is 1. The fraction of sp³-hybridized carbons (Fsp3) is 0.471. The molecule has 128 valence electrons. The zero-order valence-corrected chi connectivity index (χ0v) is 14.8. The molecule has 2 atom stereocenters. The lowest BCUT2D eigenvalue weighted by molar-refractivity contribution is -0.165. The van der Waals surface area contributed by atoms with E-state index in [2.05, 4.69) is 0 Å². The highest BCUT2D eigenvalue weighted by molar-refractivity contribution is 8.20. The van der Waals surface area contributed by atoms with E-state index in [1.807, 2.05) is 23.7 Å². The second-order valence-electron chi connectivity index (χ2n) is 6.31. The Morgan fingerprint density at radius 2 is 1.88 bits per heavy atom. The second kappa shape index (κ2) is 5.21. The molecule has 1 fully saturated rings. The number of hydrogen-bond acceptors (Lipinski definition) is 3. The summed E-state index contributed by atoms with van der Waals surface area (Å²) in [5, 5.41) is 0.619. The van der Waals surface area contributed by atoms with E-state index in [1.54, 1.807) is 12.1 Å². The SMILES string of the molecule is CC(=O)[C@H]1[C@H](C(F)(F)F)c2c(n(C)c3ccccc23)C12SCCS2. The third-order valence-corrected chi connectivity index (χ3v) is 8.57. The number of fused-ring (bicyclic) bond motifs is 4. The van der Waals surface area contributed by atoms with Crippen molar-refractivity contribution < 1.29 is 18.0 Å². The van der Waals surface area contributed by atoms with Crippen LogP contribution in [0.3, 0.4) is 0 Å². The van der Waals surface area contributed by atoms with Gasteiger partial charge in [-0.1, -0.05) is 18.2 Å². The normalized spacial score (nSPS) is 25.5. The molecule has 1 saturated heterocycles. The quantitative estimate of drug-likeness (QED) is 0.727. The van der Waals surface area contributed by atoms with E-state index < -0.39 is 22.1 Å². The summed E-state index contributed by atoms with van der Waals surface area (Å²) in [5.74, 6) is -1.63. The van der Waals surface area contributed by atoms with Gasteiger partial charge < -0.3 is 4.57 Å². The zero-order valence-electron chi connectivity index (χ0n) is 13.2. The summed E-state index contributed by atoms with van der Waals surface area (Å²) < 4.78 is 43.2. The number of thioether (sulfide) groups is 2. The maximum atomic E-state index is 14.0. The molecule has 1 aromatic heterocycles. The van der Waals surface area contributed by atoms with Gasteiger partial charge >= 0.3 is 6.18 Å². The summed E-state index contributed by atoms with van der Waals surface area (Å²) in [4.78, 5) is 12.3. The van der Waals surface area contributed by atoms with Crippen molar-refractivity contribution in [2.24, 2.45) is 13.0 Å². The Kier molecular flexibility index (Phi) is 3.56. The smallest absolute Gasteiger partial charge is 0.345 e. The first-order valence-electron chi connectivity index (χ1n) is 7.72. The van der Waals surface area contributed by atoms with Crippen molar-refractivity contribution in [1.29, 1.82) is 0 Å².